The molecule has 0 radical (unpaired) electrons. The molecule has 2 saturated heterocycles. The lowest BCUT2D eigenvalue weighted by atomic mass is 9.99. The second kappa shape index (κ2) is 5.53. The van der Waals surface area contributed by atoms with Gasteiger partial charge < -0.3 is 4.74 Å². The van der Waals surface area contributed by atoms with Crippen LogP contribution in [-0.2, 0) is 11.3 Å². The molecular formula is C14H22N4O. The van der Waals surface area contributed by atoms with Gasteiger partial charge in [-0.25, -0.2) is 9.97 Å². The molecule has 2 atom stereocenters. The largest absolute Gasteiger partial charge is 0.375 e. The highest BCUT2D eigenvalue weighted by atomic mass is 16.5. The van der Waals surface area contributed by atoms with Crippen LogP contribution in [0.3, 0.4) is 0 Å². The minimum Gasteiger partial charge on any atom is -0.375 e. The topological polar surface area (TPSA) is 41.5 Å². The number of nitrogens with zero attached hydrogens (tertiary/aromatic N) is 4. The summed E-state index contributed by atoms with van der Waals surface area (Å²) >= 11 is 0. The summed E-state index contributed by atoms with van der Waals surface area (Å²) < 4.78 is 5.87. The maximum absolute atomic E-state index is 5.87. The summed E-state index contributed by atoms with van der Waals surface area (Å²) in [4.78, 5) is 13.5. The van der Waals surface area contributed by atoms with Crippen LogP contribution in [0.15, 0.2) is 12.4 Å². The van der Waals surface area contributed by atoms with Crippen molar-refractivity contribution in [1.29, 1.82) is 0 Å². The first-order valence-electron chi connectivity index (χ1n) is 7.04. The molecule has 1 aromatic rings. The van der Waals surface area contributed by atoms with Gasteiger partial charge in [-0.3, -0.25) is 9.80 Å². The van der Waals surface area contributed by atoms with Crippen molar-refractivity contribution in [2.24, 2.45) is 0 Å². The Labute approximate surface area is 114 Å². The summed E-state index contributed by atoms with van der Waals surface area (Å²) in [6.45, 7) is 6.96. The SMILES string of the molecule is Cc1ncc(CN2CC[C@@H]3OCCN(C)[C@H]3C2)cn1. The lowest BCUT2D eigenvalue weighted by Crippen LogP contribution is -2.58. The number of rotatable bonds is 2. The van der Waals surface area contributed by atoms with Crippen molar-refractivity contribution in [2.45, 2.75) is 32.0 Å². The fourth-order valence-electron chi connectivity index (χ4n) is 3.01. The number of aryl methyl sites for hydroxylation is 1. The number of piperidine rings is 1. The average molecular weight is 262 g/mol. The van der Waals surface area contributed by atoms with Gasteiger partial charge in [-0.1, -0.05) is 0 Å². The molecule has 0 aromatic carbocycles. The maximum Gasteiger partial charge on any atom is 0.125 e. The van der Waals surface area contributed by atoms with Gasteiger partial charge in [0.2, 0.25) is 0 Å². The molecule has 3 heterocycles. The van der Waals surface area contributed by atoms with E-state index in [1.807, 2.05) is 19.3 Å². The highest BCUT2D eigenvalue weighted by Crippen LogP contribution is 2.22. The second-order valence-electron chi connectivity index (χ2n) is 5.62. The summed E-state index contributed by atoms with van der Waals surface area (Å²) in [7, 11) is 2.21. The second-order valence-corrected chi connectivity index (χ2v) is 5.62. The molecular weight excluding hydrogens is 240 g/mol. The Morgan fingerprint density at radius 1 is 1.32 bits per heavy atom. The van der Waals surface area contributed by atoms with Crippen LogP contribution in [0.25, 0.3) is 0 Å². The molecule has 0 spiro atoms. The van der Waals surface area contributed by atoms with Crippen LogP contribution in [-0.4, -0.2) is 65.2 Å². The standard InChI is InChI=1S/C14H22N4O/c1-11-15-7-12(8-16-11)9-18-4-3-14-13(10-18)17(2)5-6-19-14/h7-8,13-14H,3-6,9-10H2,1-2H3/t13-,14-/m0/s1. The Bertz CT molecular complexity index is 422. The zero-order chi connectivity index (χ0) is 13.2. The third-order valence-electron chi connectivity index (χ3n) is 4.19. The summed E-state index contributed by atoms with van der Waals surface area (Å²) in [6.07, 6.45) is 5.43. The molecule has 0 amide bonds. The minimum atomic E-state index is 0.421. The van der Waals surface area contributed by atoms with Crippen molar-refractivity contribution in [3.8, 4) is 0 Å². The van der Waals surface area contributed by atoms with E-state index >= 15 is 0 Å². The van der Waals surface area contributed by atoms with Gasteiger partial charge in [0.05, 0.1) is 12.7 Å². The zero-order valence-corrected chi connectivity index (χ0v) is 11.7. The van der Waals surface area contributed by atoms with Crippen molar-refractivity contribution in [1.82, 2.24) is 19.8 Å². The first-order valence-corrected chi connectivity index (χ1v) is 7.04. The van der Waals surface area contributed by atoms with Crippen molar-refractivity contribution < 1.29 is 4.74 Å². The Morgan fingerprint density at radius 3 is 2.89 bits per heavy atom. The van der Waals surface area contributed by atoms with E-state index in [0.29, 0.717) is 12.1 Å². The first kappa shape index (κ1) is 13.0. The molecule has 0 unspecified atom stereocenters. The predicted molar refractivity (Wildman–Crippen MR) is 72.8 cm³/mol. The van der Waals surface area contributed by atoms with Crippen LogP contribution in [0.4, 0.5) is 0 Å². The monoisotopic (exact) mass is 262 g/mol. The number of aromatic nitrogens is 2. The number of hydrogen-bond donors (Lipinski definition) is 0. The number of morpholine rings is 1. The zero-order valence-electron chi connectivity index (χ0n) is 11.7. The van der Waals surface area contributed by atoms with Gasteiger partial charge in [0.15, 0.2) is 0 Å². The molecule has 104 valence electrons. The molecule has 5 nitrogen and oxygen atoms in total. The van der Waals surface area contributed by atoms with E-state index in [1.54, 1.807) is 0 Å². The lowest BCUT2D eigenvalue weighted by Gasteiger charge is -2.45. The van der Waals surface area contributed by atoms with Gasteiger partial charge in [-0.05, 0) is 20.4 Å². The molecule has 0 bridgehead atoms. The number of likely N-dealkylation sites (N-methyl/N-ethyl adjacent to an activating group) is 1. The van der Waals surface area contributed by atoms with Crippen LogP contribution < -0.4 is 0 Å². The van der Waals surface area contributed by atoms with Gasteiger partial charge >= 0.3 is 0 Å². The van der Waals surface area contributed by atoms with Gasteiger partial charge in [0.25, 0.3) is 0 Å². The molecule has 1 aromatic heterocycles. The van der Waals surface area contributed by atoms with E-state index < -0.39 is 0 Å². The van der Waals surface area contributed by atoms with E-state index in [0.717, 1.165) is 45.0 Å². The number of hydrogen-bond acceptors (Lipinski definition) is 5. The fraction of sp³-hybridized carbons (Fsp3) is 0.714. The highest BCUT2D eigenvalue weighted by molar-refractivity contribution is 5.05. The maximum atomic E-state index is 5.87. The summed E-state index contributed by atoms with van der Waals surface area (Å²) in [6, 6.07) is 0.536. The van der Waals surface area contributed by atoms with Crippen molar-refractivity contribution >= 4 is 0 Å². The molecule has 2 fully saturated rings. The van der Waals surface area contributed by atoms with Crippen molar-refractivity contribution in [3.63, 3.8) is 0 Å². The van der Waals surface area contributed by atoms with Gasteiger partial charge in [-0.2, -0.15) is 0 Å². The quantitative estimate of drug-likeness (QED) is 0.784. The summed E-state index contributed by atoms with van der Waals surface area (Å²) in [5, 5.41) is 0. The van der Waals surface area contributed by atoms with Crippen LogP contribution in [0, 0.1) is 6.92 Å². The van der Waals surface area contributed by atoms with Crippen LogP contribution in [0.1, 0.15) is 17.8 Å². The Morgan fingerprint density at radius 2 is 2.11 bits per heavy atom. The average Bonchev–Trinajstić information content (AvgIpc) is 2.42. The number of ether oxygens (including phenoxy) is 1. The molecule has 5 heteroatoms. The van der Waals surface area contributed by atoms with Gasteiger partial charge in [-0.15, -0.1) is 0 Å². The van der Waals surface area contributed by atoms with Gasteiger partial charge in [0, 0.05) is 50.2 Å². The third kappa shape index (κ3) is 2.94. The first-order chi connectivity index (χ1) is 9.22. The smallest absolute Gasteiger partial charge is 0.125 e. The Balaban J connectivity index is 1.62. The van der Waals surface area contributed by atoms with Crippen LogP contribution in [0.5, 0.6) is 0 Å². The molecule has 3 rings (SSSR count). The predicted octanol–water partition coefficient (Wildman–Crippen LogP) is 0.690. The third-order valence-corrected chi connectivity index (χ3v) is 4.19. The fourth-order valence-corrected chi connectivity index (χ4v) is 3.01. The van der Waals surface area contributed by atoms with E-state index in [9.17, 15) is 0 Å². The van der Waals surface area contributed by atoms with Crippen LogP contribution in [0.2, 0.25) is 0 Å². The van der Waals surface area contributed by atoms with E-state index in [1.165, 1.54) is 5.56 Å². The van der Waals surface area contributed by atoms with Crippen molar-refractivity contribution in [2.75, 3.05) is 33.3 Å². The molecule has 19 heavy (non-hydrogen) atoms. The van der Waals surface area contributed by atoms with E-state index in [2.05, 4.69) is 26.8 Å². The molecule has 0 aliphatic carbocycles. The number of likely N-dealkylation sites (tertiary alicyclic amines) is 1. The highest BCUT2D eigenvalue weighted by Gasteiger charge is 2.35. The van der Waals surface area contributed by atoms with E-state index in [4.69, 9.17) is 4.74 Å². The van der Waals surface area contributed by atoms with E-state index in [-0.39, 0.29) is 0 Å². The molecule has 0 saturated carbocycles. The van der Waals surface area contributed by atoms with Crippen LogP contribution >= 0.6 is 0 Å². The van der Waals surface area contributed by atoms with Gasteiger partial charge in [0.1, 0.15) is 5.82 Å². The normalized spacial score (nSPS) is 29.2. The Hall–Kier alpha value is -1.04. The Kier molecular flexibility index (Phi) is 3.77. The number of fused-ring (bicyclic) bond motifs is 1. The lowest BCUT2D eigenvalue weighted by molar-refractivity contribution is -0.0957. The summed E-state index contributed by atoms with van der Waals surface area (Å²) in [5.41, 5.74) is 1.20. The molecule has 2 aliphatic rings. The molecule has 2 aliphatic heterocycles. The summed E-state index contributed by atoms with van der Waals surface area (Å²) in [5.74, 6) is 0.836. The molecule has 0 N–H and O–H groups in total. The van der Waals surface area contributed by atoms with Crippen molar-refractivity contribution in [3.05, 3.63) is 23.8 Å². The minimum absolute atomic E-state index is 0.421.